The molecule has 3 rings (SSSR count). The van der Waals surface area contributed by atoms with Gasteiger partial charge in [-0.25, -0.2) is 0 Å². The van der Waals surface area contributed by atoms with Gasteiger partial charge in [-0.05, 0) is 43.1 Å². The van der Waals surface area contributed by atoms with Gasteiger partial charge in [0, 0.05) is 12.0 Å². The van der Waals surface area contributed by atoms with Crippen molar-refractivity contribution in [3.05, 3.63) is 47.5 Å². The Morgan fingerprint density at radius 1 is 1.06 bits per heavy atom. The van der Waals surface area contributed by atoms with Gasteiger partial charge in [-0.1, -0.05) is 42.0 Å². The van der Waals surface area contributed by atoms with Gasteiger partial charge in [0.1, 0.15) is 0 Å². The molecule has 0 saturated heterocycles. The predicted octanol–water partition coefficient (Wildman–Crippen LogP) is 3.40. The molecule has 0 bridgehead atoms. The van der Waals surface area contributed by atoms with Crippen molar-refractivity contribution in [3.8, 4) is 0 Å². The van der Waals surface area contributed by atoms with Gasteiger partial charge >= 0.3 is 0 Å². The van der Waals surface area contributed by atoms with Gasteiger partial charge in [0.15, 0.2) is 0 Å². The van der Waals surface area contributed by atoms with Crippen LogP contribution in [0.4, 0.5) is 0 Å². The summed E-state index contributed by atoms with van der Waals surface area (Å²) in [6.45, 7) is 3.25. The highest BCUT2D eigenvalue weighted by atomic mass is 14.8. The van der Waals surface area contributed by atoms with Crippen molar-refractivity contribution < 1.29 is 0 Å². The normalized spacial score (nSPS) is 17.3. The number of rotatable bonds is 3. The second kappa shape index (κ2) is 3.85. The Morgan fingerprint density at radius 3 is 2.47 bits per heavy atom. The fourth-order valence-electron chi connectivity index (χ4n) is 2.75. The molecule has 1 saturated carbocycles. The maximum Gasteiger partial charge on any atom is 0.00785 e. The van der Waals surface area contributed by atoms with Gasteiger partial charge in [-0.2, -0.15) is 0 Å². The van der Waals surface area contributed by atoms with Crippen LogP contribution >= 0.6 is 0 Å². The number of nitrogens with one attached hydrogen (secondary N) is 1. The molecule has 0 spiro atoms. The molecule has 0 atom stereocenters. The van der Waals surface area contributed by atoms with Crippen LogP contribution < -0.4 is 5.32 Å². The van der Waals surface area contributed by atoms with E-state index < -0.39 is 0 Å². The molecule has 0 heterocycles. The van der Waals surface area contributed by atoms with Gasteiger partial charge in [0.05, 0.1) is 0 Å². The summed E-state index contributed by atoms with van der Waals surface area (Å²) in [7, 11) is 2.05. The van der Waals surface area contributed by atoms with Crippen molar-refractivity contribution in [2.45, 2.75) is 25.2 Å². The Kier molecular flexibility index (Phi) is 2.44. The van der Waals surface area contributed by atoms with Crippen molar-refractivity contribution in [1.29, 1.82) is 0 Å². The minimum atomic E-state index is 0.424. The lowest BCUT2D eigenvalue weighted by Gasteiger charge is -2.15. The summed E-state index contributed by atoms with van der Waals surface area (Å²) >= 11 is 0. The highest BCUT2D eigenvalue weighted by Crippen LogP contribution is 2.48. The summed E-state index contributed by atoms with van der Waals surface area (Å²) in [5.74, 6) is 0. The first-order valence-corrected chi connectivity index (χ1v) is 6.39. The van der Waals surface area contributed by atoms with Crippen molar-refractivity contribution in [1.82, 2.24) is 5.32 Å². The SMILES string of the molecule is CNCC1(c2ccc3cc(C)ccc3c2)CC1. The summed E-state index contributed by atoms with van der Waals surface area (Å²) in [4.78, 5) is 0. The first-order chi connectivity index (χ1) is 8.23. The summed E-state index contributed by atoms with van der Waals surface area (Å²) in [5, 5.41) is 6.05. The van der Waals surface area contributed by atoms with E-state index in [0.29, 0.717) is 5.41 Å². The lowest BCUT2D eigenvalue weighted by Crippen LogP contribution is -2.23. The van der Waals surface area contributed by atoms with Gasteiger partial charge in [-0.3, -0.25) is 0 Å². The molecule has 1 N–H and O–H groups in total. The van der Waals surface area contributed by atoms with Crippen LogP contribution in [0.1, 0.15) is 24.0 Å². The van der Waals surface area contributed by atoms with E-state index >= 15 is 0 Å². The smallest absolute Gasteiger partial charge is 0.00785 e. The van der Waals surface area contributed by atoms with Crippen molar-refractivity contribution >= 4 is 10.8 Å². The minimum absolute atomic E-state index is 0.424. The Labute approximate surface area is 103 Å². The highest BCUT2D eigenvalue weighted by Gasteiger charge is 2.43. The maximum atomic E-state index is 3.33. The zero-order chi connectivity index (χ0) is 11.9. The van der Waals surface area contributed by atoms with Gasteiger partial charge in [-0.15, -0.1) is 0 Å². The Balaban J connectivity index is 2.05. The topological polar surface area (TPSA) is 12.0 Å². The fourth-order valence-corrected chi connectivity index (χ4v) is 2.75. The highest BCUT2D eigenvalue weighted by molar-refractivity contribution is 5.84. The molecule has 1 nitrogen and oxygen atoms in total. The fraction of sp³-hybridized carbons (Fsp3) is 0.375. The van der Waals surface area contributed by atoms with Gasteiger partial charge in [0.2, 0.25) is 0 Å². The van der Waals surface area contributed by atoms with E-state index in [9.17, 15) is 0 Å². The number of likely N-dealkylation sites (N-methyl/N-ethyl adjacent to an activating group) is 1. The van der Waals surface area contributed by atoms with E-state index in [2.05, 4.69) is 48.6 Å². The Hall–Kier alpha value is -1.34. The Bertz CT molecular complexity index is 552. The molecule has 0 unspecified atom stereocenters. The predicted molar refractivity (Wildman–Crippen MR) is 73.5 cm³/mol. The monoisotopic (exact) mass is 225 g/mol. The van der Waals surface area contributed by atoms with E-state index in [-0.39, 0.29) is 0 Å². The number of hydrogen-bond acceptors (Lipinski definition) is 1. The number of fused-ring (bicyclic) bond motifs is 1. The molecule has 17 heavy (non-hydrogen) atoms. The number of aryl methyl sites for hydroxylation is 1. The first-order valence-electron chi connectivity index (χ1n) is 6.39. The molecule has 1 aliphatic rings. The molecule has 1 heteroatoms. The first kappa shape index (κ1) is 10.8. The van der Waals surface area contributed by atoms with E-state index in [1.54, 1.807) is 0 Å². The largest absolute Gasteiger partial charge is 0.319 e. The quantitative estimate of drug-likeness (QED) is 0.844. The van der Waals surface area contributed by atoms with Crippen molar-refractivity contribution in [3.63, 3.8) is 0 Å². The third-order valence-electron chi connectivity index (χ3n) is 3.98. The van der Waals surface area contributed by atoms with Crippen LogP contribution in [0.25, 0.3) is 10.8 Å². The molecule has 2 aromatic carbocycles. The minimum Gasteiger partial charge on any atom is -0.319 e. The zero-order valence-corrected chi connectivity index (χ0v) is 10.6. The summed E-state index contributed by atoms with van der Waals surface area (Å²) < 4.78 is 0. The molecule has 0 amide bonds. The van der Waals surface area contributed by atoms with Gasteiger partial charge in [0.25, 0.3) is 0 Å². The maximum absolute atomic E-state index is 3.33. The van der Waals surface area contributed by atoms with Crippen LogP contribution in [-0.4, -0.2) is 13.6 Å². The van der Waals surface area contributed by atoms with Crippen LogP contribution in [0.5, 0.6) is 0 Å². The standard InChI is InChI=1S/C16H19N/c1-12-3-4-14-10-15(6-5-13(14)9-12)16(7-8-16)11-17-2/h3-6,9-10,17H,7-8,11H2,1-2H3. The van der Waals surface area contributed by atoms with Crippen LogP contribution in [-0.2, 0) is 5.41 Å². The second-order valence-corrected chi connectivity index (χ2v) is 5.38. The number of benzene rings is 2. The number of hydrogen-bond donors (Lipinski definition) is 1. The summed E-state index contributed by atoms with van der Waals surface area (Å²) in [5.41, 5.74) is 3.26. The molecule has 0 aliphatic heterocycles. The van der Waals surface area contributed by atoms with Crippen LogP contribution in [0.2, 0.25) is 0 Å². The average molecular weight is 225 g/mol. The van der Waals surface area contributed by atoms with E-state index in [4.69, 9.17) is 0 Å². The van der Waals surface area contributed by atoms with E-state index in [0.717, 1.165) is 6.54 Å². The van der Waals surface area contributed by atoms with Crippen LogP contribution in [0.3, 0.4) is 0 Å². The average Bonchev–Trinajstić information content (AvgIpc) is 3.10. The molecule has 88 valence electrons. The van der Waals surface area contributed by atoms with Crippen LogP contribution in [0.15, 0.2) is 36.4 Å². The van der Waals surface area contributed by atoms with Crippen molar-refractivity contribution in [2.24, 2.45) is 0 Å². The molecule has 2 aromatic rings. The zero-order valence-electron chi connectivity index (χ0n) is 10.6. The lowest BCUT2D eigenvalue weighted by molar-refractivity contribution is 0.625. The summed E-state index contributed by atoms with van der Waals surface area (Å²) in [6, 6.07) is 13.7. The molecule has 0 radical (unpaired) electrons. The van der Waals surface area contributed by atoms with E-state index in [1.807, 2.05) is 7.05 Å². The molecular formula is C16H19N. The molecular weight excluding hydrogens is 206 g/mol. The van der Waals surface area contributed by atoms with Gasteiger partial charge < -0.3 is 5.32 Å². The molecule has 1 fully saturated rings. The molecule has 1 aliphatic carbocycles. The Morgan fingerprint density at radius 2 is 1.76 bits per heavy atom. The van der Waals surface area contributed by atoms with Crippen molar-refractivity contribution in [2.75, 3.05) is 13.6 Å². The third kappa shape index (κ3) is 1.85. The van der Waals surface area contributed by atoms with Crippen LogP contribution in [0, 0.1) is 6.92 Å². The molecule has 0 aromatic heterocycles. The third-order valence-corrected chi connectivity index (χ3v) is 3.98. The van der Waals surface area contributed by atoms with E-state index in [1.165, 1.54) is 34.7 Å². The lowest BCUT2D eigenvalue weighted by atomic mass is 9.93. The summed E-state index contributed by atoms with van der Waals surface area (Å²) in [6.07, 6.45) is 2.65. The second-order valence-electron chi connectivity index (χ2n) is 5.38.